The van der Waals surface area contributed by atoms with Crippen molar-refractivity contribution in [2.45, 2.75) is 5.25 Å². The normalized spacial score (nSPS) is 16.8. The zero-order chi connectivity index (χ0) is 18.5. The number of rotatable bonds is 4. The van der Waals surface area contributed by atoms with E-state index in [1.54, 1.807) is 35.2 Å². The summed E-state index contributed by atoms with van der Waals surface area (Å²) in [4.78, 5) is 38.7. The van der Waals surface area contributed by atoms with Gasteiger partial charge in [-0.05, 0) is 35.7 Å². The van der Waals surface area contributed by atoms with Crippen LogP contribution in [0, 0.1) is 0 Å². The SMILES string of the molecule is COC(=O)[C@@H]1CN(C(=O)c2ccc(NC(=O)c3cccs3)cc2)CCS1. The summed E-state index contributed by atoms with van der Waals surface area (Å²) >= 11 is 2.87. The fourth-order valence-corrected chi connectivity index (χ4v) is 4.33. The molecule has 1 atom stereocenters. The summed E-state index contributed by atoms with van der Waals surface area (Å²) in [5, 5.41) is 4.30. The third-order valence-corrected chi connectivity index (χ3v) is 5.98. The quantitative estimate of drug-likeness (QED) is 0.813. The molecule has 2 heterocycles. The summed E-state index contributed by atoms with van der Waals surface area (Å²) in [5.74, 6) is 0.0861. The van der Waals surface area contributed by atoms with Gasteiger partial charge in [-0.25, -0.2) is 0 Å². The number of carbonyl (C=O) groups excluding carboxylic acids is 3. The molecular weight excluding hydrogens is 372 g/mol. The van der Waals surface area contributed by atoms with Gasteiger partial charge in [0, 0.05) is 30.1 Å². The van der Waals surface area contributed by atoms with E-state index in [1.165, 1.54) is 30.2 Å². The van der Waals surface area contributed by atoms with Gasteiger partial charge >= 0.3 is 5.97 Å². The molecule has 0 bridgehead atoms. The number of nitrogens with one attached hydrogen (secondary N) is 1. The molecule has 6 nitrogen and oxygen atoms in total. The Hall–Kier alpha value is -2.32. The smallest absolute Gasteiger partial charge is 0.320 e. The molecule has 1 saturated heterocycles. The monoisotopic (exact) mass is 390 g/mol. The number of hydrogen-bond donors (Lipinski definition) is 1. The molecule has 2 aromatic rings. The molecule has 3 rings (SSSR count). The van der Waals surface area contributed by atoms with Crippen LogP contribution >= 0.6 is 23.1 Å². The maximum Gasteiger partial charge on any atom is 0.320 e. The first-order chi connectivity index (χ1) is 12.6. The van der Waals surface area contributed by atoms with Crippen LogP contribution in [-0.2, 0) is 9.53 Å². The molecule has 1 aromatic heterocycles. The predicted molar refractivity (Wildman–Crippen MR) is 103 cm³/mol. The zero-order valence-electron chi connectivity index (χ0n) is 14.1. The van der Waals surface area contributed by atoms with Gasteiger partial charge in [-0.1, -0.05) is 6.07 Å². The Morgan fingerprint density at radius 3 is 2.62 bits per heavy atom. The summed E-state index contributed by atoms with van der Waals surface area (Å²) in [5.41, 5.74) is 1.15. The van der Waals surface area contributed by atoms with Crippen molar-refractivity contribution in [2.24, 2.45) is 0 Å². The van der Waals surface area contributed by atoms with Crippen LogP contribution in [0.3, 0.4) is 0 Å². The molecule has 1 aliphatic heterocycles. The minimum atomic E-state index is -0.345. The van der Waals surface area contributed by atoms with Gasteiger partial charge in [0.15, 0.2) is 0 Å². The second-order valence-electron chi connectivity index (χ2n) is 5.64. The van der Waals surface area contributed by atoms with E-state index >= 15 is 0 Å². The number of esters is 1. The zero-order valence-corrected chi connectivity index (χ0v) is 15.8. The molecule has 0 unspecified atom stereocenters. The molecule has 0 aliphatic carbocycles. The first-order valence-electron chi connectivity index (χ1n) is 8.02. The Balaban J connectivity index is 1.63. The summed E-state index contributed by atoms with van der Waals surface area (Å²) in [6, 6.07) is 10.3. The number of ether oxygens (including phenoxy) is 1. The van der Waals surface area contributed by atoms with E-state index in [4.69, 9.17) is 4.74 Å². The van der Waals surface area contributed by atoms with E-state index < -0.39 is 0 Å². The average Bonchev–Trinajstić information content (AvgIpc) is 3.22. The van der Waals surface area contributed by atoms with E-state index in [9.17, 15) is 14.4 Å². The highest BCUT2D eigenvalue weighted by atomic mass is 32.2. The standard InChI is InChI=1S/C18H18N2O4S2/c1-24-18(23)15-11-20(8-10-26-15)17(22)12-4-6-13(7-5-12)19-16(21)14-3-2-9-25-14/h2-7,9,15H,8,10-11H2,1H3,(H,19,21)/t15-/m0/s1. The number of hydrogen-bond acceptors (Lipinski definition) is 6. The van der Waals surface area contributed by atoms with Crippen LogP contribution < -0.4 is 5.32 Å². The Morgan fingerprint density at radius 1 is 1.19 bits per heavy atom. The van der Waals surface area contributed by atoms with Crippen molar-refractivity contribution >= 4 is 46.6 Å². The fourth-order valence-electron chi connectivity index (χ4n) is 2.59. The highest BCUT2D eigenvalue weighted by molar-refractivity contribution is 8.00. The molecule has 136 valence electrons. The van der Waals surface area contributed by atoms with Gasteiger partial charge in [0.05, 0.1) is 12.0 Å². The topological polar surface area (TPSA) is 75.7 Å². The molecule has 8 heteroatoms. The molecule has 1 aromatic carbocycles. The van der Waals surface area contributed by atoms with E-state index in [-0.39, 0.29) is 23.0 Å². The molecular formula is C18H18N2O4S2. The molecule has 0 saturated carbocycles. The molecule has 1 N–H and O–H groups in total. The molecule has 26 heavy (non-hydrogen) atoms. The number of amides is 2. The predicted octanol–water partition coefficient (Wildman–Crippen LogP) is 2.73. The Labute approximate surface area is 159 Å². The van der Waals surface area contributed by atoms with Crippen molar-refractivity contribution in [2.75, 3.05) is 31.3 Å². The van der Waals surface area contributed by atoms with Crippen LogP contribution in [0.2, 0.25) is 0 Å². The van der Waals surface area contributed by atoms with Crippen LogP contribution in [-0.4, -0.2) is 53.9 Å². The number of thioether (sulfide) groups is 1. The van der Waals surface area contributed by atoms with Crippen LogP contribution in [0.5, 0.6) is 0 Å². The van der Waals surface area contributed by atoms with Crippen molar-refractivity contribution < 1.29 is 19.1 Å². The number of nitrogens with zero attached hydrogens (tertiary/aromatic N) is 1. The molecule has 0 spiro atoms. The van der Waals surface area contributed by atoms with Crippen LogP contribution in [0.25, 0.3) is 0 Å². The van der Waals surface area contributed by atoms with Crippen LogP contribution in [0.15, 0.2) is 41.8 Å². The van der Waals surface area contributed by atoms with Crippen molar-refractivity contribution in [3.8, 4) is 0 Å². The van der Waals surface area contributed by atoms with Gasteiger partial charge in [-0.3, -0.25) is 14.4 Å². The molecule has 0 radical (unpaired) electrons. The minimum Gasteiger partial charge on any atom is -0.468 e. The van der Waals surface area contributed by atoms with Gasteiger partial charge < -0.3 is 15.0 Å². The average molecular weight is 390 g/mol. The largest absolute Gasteiger partial charge is 0.468 e. The lowest BCUT2D eigenvalue weighted by molar-refractivity contribution is -0.140. The maximum absolute atomic E-state index is 12.7. The maximum atomic E-state index is 12.7. The lowest BCUT2D eigenvalue weighted by Crippen LogP contribution is -2.44. The lowest BCUT2D eigenvalue weighted by atomic mass is 10.1. The minimum absolute atomic E-state index is 0.129. The Kier molecular flexibility index (Phi) is 5.95. The first kappa shape index (κ1) is 18.5. The van der Waals surface area contributed by atoms with Gasteiger partial charge in [0.2, 0.25) is 0 Å². The van der Waals surface area contributed by atoms with Gasteiger partial charge in [0.1, 0.15) is 5.25 Å². The second kappa shape index (κ2) is 8.37. The number of methoxy groups -OCH3 is 1. The van der Waals surface area contributed by atoms with Gasteiger partial charge in [-0.15, -0.1) is 23.1 Å². The summed E-state index contributed by atoms with van der Waals surface area (Å²) in [6.07, 6.45) is 0. The van der Waals surface area contributed by atoms with E-state index in [1.807, 2.05) is 11.4 Å². The highest BCUT2D eigenvalue weighted by Gasteiger charge is 2.30. The number of benzene rings is 1. The number of thiophene rings is 1. The van der Waals surface area contributed by atoms with Crippen molar-refractivity contribution in [3.63, 3.8) is 0 Å². The van der Waals surface area contributed by atoms with Gasteiger partial charge in [-0.2, -0.15) is 0 Å². The van der Waals surface area contributed by atoms with Gasteiger partial charge in [0.25, 0.3) is 11.8 Å². The summed E-state index contributed by atoms with van der Waals surface area (Å²) in [7, 11) is 1.35. The fraction of sp³-hybridized carbons (Fsp3) is 0.278. The van der Waals surface area contributed by atoms with E-state index in [0.29, 0.717) is 35.0 Å². The third-order valence-electron chi connectivity index (χ3n) is 3.95. The highest BCUT2D eigenvalue weighted by Crippen LogP contribution is 2.22. The Bertz CT molecular complexity index is 790. The molecule has 1 aliphatic rings. The third kappa shape index (κ3) is 4.25. The van der Waals surface area contributed by atoms with Crippen molar-refractivity contribution in [3.05, 3.63) is 52.2 Å². The van der Waals surface area contributed by atoms with Crippen molar-refractivity contribution in [1.82, 2.24) is 4.90 Å². The van der Waals surface area contributed by atoms with Crippen LogP contribution in [0.4, 0.5) is 5.69 Å². The van der Waals surface area contributed by atoms with E-state index in [0.717, 1.165) is 0 Å². The second-order valence-corrected chi connectivity index (χ2v) is 7.90. The first-order valence-corrected chi connectivity index (χ1v) is 9.95. The number of anilines is 1. The molecule has 2 amide bonds. The Morgan fingerprint density at radius 2 is 1.96 bits per heavy atom. The van der Waals surface area contributed by atoms with E-state index in [2.05, 4.69) is 5.32 Å². The molecule has 1 fully saturated rings. The summed E-state index contributed by atoms with van der Waals surface area (Å²) in [6.45, 7) is 0.931. The van der Waals surface area contributed by atoms with Crippen molar-refractivity contribution in [1.29, 1.82) is 0 Å². The lowest BCUT2D eigenvalue weighted by Gasteiger charge is -2.31. The van der Waals surface area contributed by atoms with Crippen LogP contribution in [0.1, 0.15) is 20.0 Å². The summed E-state index contributed by atoms with van der Waals surface area (Å²) < 4.78 is 4.77. The number of carbonyl (C=O) groups is 3.